The molecule has 7 rings (SSSR count). The van der Waals surface area contributed by atoms with Crippen LogP contribution in [0.3, 0.4) is 0 Å². The molecular weight excluding hydrogens is 531 g/mol. The number of carbonyl (C=O) groups excluding carboxylic acids is 3. The number of anilines is 1. The van der Waals surface area contributed by atoms with Gasteiger partial charge in [-0.25, -0.2) is 14.1 Å². The molecule has 1 fully saturated rings. The first kappa shape index (κ1) is 25.7. The highest BCUT2D eigenvalue weighted by Crippen LogP contribution is 2.44. The Labute approximate surface area is 241 Å². The largest absolute Gasteiger partial charge is 0.356 e. The average Bonchev–Trinajstić information content (AvgIpc) is 3.50. The Bertz CT molecular complexity index is 1850. The lowest BCUT2D eigenvalue weighted by Gasteiger charge is -2.36. The molecule has 2 aliphatic heterocycles. The fourth-order valence-corrected chi connectivity index (χ4v) is 6.06. The van der Waals surface area contributed by atoms with Crippen molar-refractivity contribution in [3.63, 3.8) is 0 Å². The summed E-state index contributed by atoms with van der Waals surface area (Å²) in [5.41, 5.74) is 6.55. The summed E-state index contributed by atoms with van der Waals surface area (Å²) in [6.45, 7) is 2.26. The Morgan fingerprint density at radius 1 is 0.929 bits per heavy atom. The fourth-order valence-electron chi connectivity index (χ4n) is 6.06. The lowest BCUT2D eigenvalue weighted by atomic mass is 9.88. The minimum Gasteiger partial charge on any atom is -0.356 e. The fraction of sp³-hybridized carbons (Fsp3) is 0.147. The number of rotatable bonds is 5. The van der Waals surface area contributed by atoms with Gasteiger partial charge in [0.15, 0.2) is 0 Å². The van der Waals surface area contributed by atoms with Crippen molar-refractivity contribution < 1.29 is 18.8 Å². The maximum absolute atomic E-state index is 14.0. The SMILES string of the molecule is Cc1ccc([C@@H]2c3[nH]c4ccccc4c3C[C@H]3C(=O)N(c4ccc(C(=O)NCc5ccc(F)cc5)cc4)C(=O)N23)cc1. The number of hydrogen-bond donors (Lipinski definition) is 2. The zero-order valence-electron chi connectivity index (χ0n) is 22.8. The van der Waals surface area contributed by atoms with Crippen LogP contribution in [-0.4, -0.2) is 33.8 Å². The minimum atomic E-state index is -0.658. The van der Waals surface area contributed by atoms with Gasteiger partial charge in [-0.1, -0.05) is 60.2 Å². The van der Waals surface area contributed by atoms with Gasteiger partial charge < -0.3 is 10.3 Å². The van der Waals surface area contributed by atoms with Gasteiger partial charge in [0.2, 0.25) is 0 Å². The summed E-state index contributed by atoms with van der Waals surface area (Å²) in [6.07, 6.45) is 0.409. The molecule has 5 aromatic rings. The molecule has 0 radical (unpaired) electrons. The number of hydrogen-bond acceptors (Lipinski definition) is 3. The molecule has 208 valence electrons. The van der Waals surface area contributed by atoms with E-state index in [0.29, 0.717) is 17.7 Å². The summed E-state index contributed by atoms with van der Waals surface area (Å²) in [6, 6.07) is 26.9. The molecule has 8 heteroatoms. The molecule has 0 spiro atoms. The molecule has 7 nitrogen and oxygen atoms in total. The summed E-state index contributed by atoms with van der Waals surface area (Å²) >= 11 is 0. The summed E-state index contributed by atoms with van der Waals surface area (Å²) in [4.78, 5) is 47.1. The maximum atomic E-state index is 14.0. The van der Waals surface area contributed by atoms with Gasteiger partial charge >= 0.3 is 6.03 Å². The molecule has 0 aliphatic carbocycles. The lowest BCUT2D eigenvalue weighted by molar-refractivity contribution is -0.120. The molecule has 0 unspecified atom stereocenters. The first-order valence-corrected chi connectivity index (χ1v) is 13.8. The molecule has 1 saturated heterocycles. The van der Waals surface area contributed by atoms with Crippen molar-refractivity contribution in [3.8, 4) is 0 Å². The molecular formula is C34H27FN4O3. The van der Waals surface area contributed by atoms with Gasteiger partial charge in [-0.05, 0) is 66.1 Å². The van der Waals surface area contributed by atoms with Crippen molar-refractivity contribution in [3.05, 3.63) is 136 Å². The average molecular weight is 559 g/mol. The number of nitrogens with one attached hydrogen (secondary N) is 2. The van der Waals surface area contributed by atoms with E-state index >= 15 is 0 Å². The monoisotopic (exact) mass is 558 g/mol. The van der Waals surface area contributed by atoms with Crippen LogP contribution in [0.1, 0.15) is 44.3 Å². The quantitative estimate of drug-likeness (QED) is 0.259. The molecule has 4 aromatic carbocycles. The van der Waals surface area contributed by atoms with E-state index in [1.807, 2.05) is 55.5 Å². The van der Waals surface area contributed by atoms with Crippen LogP contribution in [0.25, 0.3) is 10.9 Å². The molecule has 2 aliphatic rings. The van der Waals surface area contributed by atoms with Crippen LogP contribution in [0.15, 0.2) is 97.1 Å². The third-order valence-electron chi connectivity index (χ3n) is 8.20. The highest BCUT2D eigenvalue weighted by molar-refractivity contribution is 6.22. The number of para-hydroxylation sites is 1. The second kappa shape index (κ2) is 9.99. The number of urea groups is 1. The number of fused-ring (bicyclic) bond motifs is 4. The molecule has 42 heavy (non-hydrogen) atoms. The first-order chi connectivity index (χ1) is 20.4. The number of imide groups is 1. The van der Waals surface area contributed by atoms with E-state index in [1.165, 1.54) is 17.0 Å². The van der Waals surface area contributed by atoms with Crippen molar-refractivity contribution in [2.75, 3.05) is 4.90 Å². The van der Waals surface area contributed by atoms with Crippen LogP contribution in [0.5, 0.6) is 0 Å². The zero-order chi connectivity index (χ0) is 29.0. The Hall–Kier alpha value is -5.24. The van der Waals surface area contributed by atoms with E-state index in [9.17, 15) is 18.8 Å². The Morgan fingerprint density at radius 2 is 1.64 bits per heavy atom. The second-order valence-corrected chi connectivity index (χ2v) is 10.8. The zero-order valence-corrected chi connectivity index (χ0v) is 22.8. The molecule has 2 atom stereocenters. The molecule has 0 saturated carbocycles. The van der Waals surface area contributed by atoms with Gasteiger partial charge in [-0.3, -0.25) is 14.5 Å². The molecule has 0 bridgehead atoms. The summed E-state index contributed by atoms with van der Waals surface area (Å²) in [7, 11) is 0. The number of aromatic amines is 1. The van der Waals surface area contributed by atoms with Gasteiger partial charge in [0, 0.05) is 35.1 Å². The highest BCUT2D eigenvalue weighted by atomic mass is 19.1. The van der Waals surface area contributed by atoms with Crippen molar-refractivity contribution in [1.82, 2.24) is 15.2 Å². The van der Waals surface area contributed by atoms with Crippen LogP contribution < -0.4 is 10.2 Å². The smallest absolute Gasteiger partial charge is 0.332 e. The molecule has 1 aromatic heterocycles. The van der Waals surface area contributed by atoms with E-state index < -0.39 is 18.1 Å². The van der Waals surface area contributed by atoms with Crippen LogP contribution in [0.2, 0.25) is 0 Å². The van der Waals surface area contributed by atoms with Crippen molar-refractivity contribution >= 4 is 34.4 Å². The predicted molar refractivity (Wildman–Crippen MR) is 158 cm³/mol. The maximum Gasteiger partial charge on any atom is 0.332 e. The van der Waals surface area contributed by atoms with Crippen LogP contribution in [0.4, 0.5) is 14.9 Å². The van der Waals surface area contributed by atoms with Crippen molar-refractivity contribution in [2.45, 2.75) is 32.0 Å². The van der Waals surface area contributed by atoms with Gasteiger partial charge in [-0.2, -0.15) is 0 Å². The normalized spacial score (nSPS) is 17.9. The van der Waals surface area contributed by atoms with E-state index in [4.69, 9.17) is 0 Å². The van der Waals surface area contributed by atoms with Crippen LogP contribution >= 0.6 is 0 Å². The van der Waals surface area contributed by atoms with Gasteiger partial charge in [-0.15, -0.1) is 0 Å². The van der Waals surface area contributed by atoms with Crippen molar-refractivity contribution in [2.24, 2.45) is 0 Å². The van der Waals surface area contributed by atoms with Gasteiger partial charge in [0.05, 0.1) is 5.69 Å². The predicted octanol–water partition coefficient (Wildman–Crippen LogP) is 6.03. The third kappa shape index (κ3) is 4.23. The van der Waals surface area contributed by atoms with Gasteiger partial charge in [0.25, 0.3) is 11.8 Å². The van der Waals surface area contributed by atoms with Crippen LogP contribution in [-0.2, 0) is 17.8 Å². The van der Waals surface area contributed by atoms with Gasteiger partial charge in [0.1, 0.15) is 17.9 Å². The topological polar surface area (TPSA) is 85.5 Å². The van der Waals surface area contributed by atoms with E-state index in [1.54, 1.807) is 41.3 Å². The molecule has 3 heterocycles. The number of carbonyl (C=O) groups is 3. The number of aromatic nitrogens is 1. The Balaban J connectivity index is 1.19. The van der Waals surface area contributed by atoms with Crippen LogP contribution in [0, 0.1) is 12.7 Å². The number of aryl methyl sites for hydroxylation is 1. The van der Waals surface area contributed by atoms with E-state index in [-0.39, 0.29) is 24.2 Å². The summed E-state index contributed by atoms with van der Waals surface area (Å²) < 4.78 is 13.2. The number of amides is 4. The molecule has 2 N–H and O–H groups in total. The third-order valence-corrected chi connectivity index (χ3v) is 8.20. The highest BCUT2D eigenvalue weighted by Gasteiger charge is 2.53. The summed E-state index contributed by atoms with van der Waals surface area (Å²) in [5.74, 6) is -0.941. The standard InChI is InChI=1S/C34H27FN4O3/c1-20-6-10-22(11-7-20)31-30-27(26-4-2-3-5-28(26)37-30)18-29-33(41)38(34(42)39(29)31)25-16-12-23(13-17-25)32(40)36-19-21-8-14-24(35)15-9-21/h2-17,29,31,37H,18-19H2,1H3,(H,36,40)/t29-,31+/m0/s1. The van der Waals surface area contributed by atoms with Crippen molar-refractivity contribution in [1.29, 1.82) is 0 Å². The number of halogens is 1. The first-order valence-electron chi connectivity index (χ1n) is 13.8. The Morgan fingerprint density at radius 3 is 2.38 bits per heavy atom. The Kier molecular flexibility index (Phi) is 6.12. The molecule has 4 amide bonds. The van der Waals surface area contributed by atoms with E-state index in [2.05, 4.69) is 10.3 Å². The minimum absolute atomic E-state index is 0.246. The number of nitrogens with zero attached hydrogens (tertiary/aromatic N) is 2. The van der Waals surface area contributed by atoms with E-state index in [0.717, 1.165) is 38.9 Å². The lowest BCUT2D eigenvalue weighted by Crippen LogP contribution is -2.44. The number of benzene rings is 4. The number of H-pyrrole nitrogens is 1. The second-order valence-electron chi connectivity index (χ2n) is 10.8. The summed E-state index contributed by atoms with van der Waals surface area (Å²) in [5, 5.41) is 3.87.